The Bertz CT molecular complexity index is 1200. The van der Waals surface area contributed by atoms with E-state index in [9.17, 15) is 0 Å². The highest BCUT2D eigenvalue weighted by Crippen LogP contribution is 2.37. The summed E-state index contributed by atoms with van der Waals surface area (Å²) in [6.45, 7) is 0. The van der Waals surface area contributed by atoms with Crippen molar-refractivity contribution in [2.75, 3.05) is 0 Å². The lowest BCUT2D eigenvalue weighted by Gasteiger charge is -2.24. The van der Waals surface area contributed by atoms with Crippen LogP contribution in [0.15, 0.2) is 77.8 Å². The molecule has 0 aliphatic carbocycles. The molecule has 0 N–H and O–H groups in total. The zero-order chi connectivity index (χ0) is 19.8. The summed E-state index contributed by atoms with van der Waals surface area (Å²) >= 11 is 12.7. The van der Waals surface area contributed by atoms with Crippen molar-refractivity contribution in [3.63, 3.8) is 0 Å². The predicted octanol–water partition coefficient (Wildman–Crippen LogP) is 5.76. The van der Waals surface area contributed by atoms with Gasteiger partial charge in [-0.1, -0.05) is 95.0 Å². The molecule has 0 amide bonds. The molecule has 0 radical (unpaired) electrons. The van der Waals surface area contributed by atoms with Gasteiger partial charge in [0.05, 0.1) is 21.8 Å². The third kappa shape index (κ3) is 3.33. The number of aromatic nitrogens is 4. The number of hydrogen-bond acceptors (Lipinski definition) is 4. The van der Waals surface area contributed by atoms with Crippen LogP contribution in [0.3, 0.4) is 0 Å². The van der Waals surface area contributed by atoms with E-state index >= 15 is 0 Å². The SMILES string of the molecule is Clc1cccc(C2CC(c3ccc(-c4ccccc4)cc3)=Nc3nnnn32)c1Cl. The monoisotopic (exact) mass is 419 g/mol. The molecule has 1 aliphatic rings. The molecule has 1 aliphatic heterocycles. The van der Waals surface area contributed by atoms with E-state index in [0.29, 0.717) is 22.4 Å². The fraction of sp³-hybridized carbons (Fsp3) is 0.0909. The van der Waals surface area contributed by atoms with E-state index in [2.05, 4.69) is 56.9 Å². The van der Waals surface area contributed by atoms with E-state index in [1.165, 1.54) is 5.56 Å². The number of aliphatic imine (C=N–C) groups is 1. The molecule has 5 nitrogen and oxygen atoms in total. The smallest absolute Gasteiger partial charge is 0.214 e. The van der Waals surface area contributed by atoms with Crippen LogP contribution in [0.4, 0.5) is 5.95 Å². The van der Waals surface area contributed by atoms with Crippen LogP contribution in [0.25, 0.3) is 11.1 Å². The summed E-state index contributed by atoms with van der Waals surface area (Å²) in [5, 5.41) is 13.0. The van der Waals surface area contributed by atoms with Crippen molar-refractivity contribution in [3.8, 4) is 11.1 Å². The maximum absolute atomic E-state index is 6.49. The first-order valence-corrected chi connectivity index (χ1v) is 9.91. The summed E-state index contributed by atoms with van der Waals surface area (Å²) in [7, 11) is 0. The van der Waals surface area contributed by atoms with Gasteiger partial charge in [0.1, 0.15) is 0 Å². The Morgan fingerprint density at radius 2 is 1.52 bits per heavy atom. The van der Waals surface area contributed by atoms with Crippen molar-refractivity contribution in [2.24, 2.45) is 4.99 Å². The average Bonchev–Trinajstić information content (AvgIpc) is 3.25. The van der Waals surface area contributed by atoms with Crippen LogP contribution in [-0.4, -0.2) is 25.9 Å². The third-order valence-corrected chi connectivity index (χ3v) is 5.89. The Morgan fingerprint density at radius 3 is 2.31 bits per heavy atom. The highest BCUT2D eigenvalue weighted by molar-refractivity contribution is 6.42. The van der Waals surface area contributed by atoms with Gasteiger partial charge in [0.25, 0.3) is 5.95 Å². The van der Waals surface area contributed by atoms with E-state index in [-0.39, 0.29) is 6.04 Å². The number of halogens is 2. The van der Waals surface area contributed by atoms with Gasteiger partial charge in [-0.3, -0.25) is 0 Å². The highest BCUT2D eigenvalue weighted by atomic mass is 35.5. The molecule has 0 saturated heterocycles. The summed E-state index contributed by atoms with van der Waals surface area (Å²) < 4.78 is 1.69. The molecule has 1 aromatic heterocycles. The Labute approximate surface area is 177 Å². The van der Waals surface area contributed by atoms with Crippen LogP contribution in [-0.2, 0) is 0 Å². The van der Waals surface area contributed by atoms with Gasteiger partial charge in [-0.05, 0) is 38.7 Å². The molecule has 5 rings (SSSR count). The van der Waals surface area contributed by atoms with Crippen molar-refractivity contribution in [3.05, 3.63) is 94.0 Å². The van der Waals surface area contributed by atoms with Crippen LogP contribution in [0, 0.1) is 0 Å². The first-order chi connectivity index (χ1) is 14.2. The molecule has 0 saturated carbocycles. The van der Waals surface area contributed by atoms with Gasteiger partial charge in [-0.25, -0.2) is 9.67 Å². The Balaban J connectivity index is 1.53. The van der Waals surface area contributed by atoms with Crippen molar-refractivity contribution in [2.45, 2.75) is 12.5 Å². The maximum atomic E-state index is 6.49. The molecule has 0 spiro atoms. The van der Waals surface area contributed by atoms with E-state index in [1.807, 2.05) is 30.3 Å². The van der Waals surface area contributed by atoms with Gasteiger partial charge in [-0.2, -0.15) is 0 Å². The zero-order valence-electron chi connectivity index (χ0n) is 15.2. The molecule has 7 heteroatoms. The first-order valence-electron chi connectivity index (χ1n) is 9.16. The third-order valence-electron chi connectivity index (χ3n) is 5.06. The second kappa shape index (κ2) is 7.43. The minimum absolute atomic E-state index is 0.174. The second-order valence-electron chi connectivity index (χ2n) is 6.79. The number of fused-ring (bicyclic) bond motifs is 1. The number of tetrazole rings is 1. The molecule has 3 aromatic carbocycles. The van der Waals surface area contributed by atoms with Crippen LogP contribution in [0.5, 0.6) is 0 Å². The standard InChI is InChI=1S/C22H15Cl2N5/c23-18-8-4-7-17(21(18)24)20-13-19(25-22-26-27-28-29(20)22)16-11-9-15(10-12-16)14-5-2-1-3-6-14/h1-12,20H,13H2. The summed E-state index contributed by atoms with van der Waals surface area (Å²) in [5.41, 5.74) is 5.15. The number of benzene rings is 3. The maximum Gasteiger partial charge on any atom is 0.269 e. The minimum atomic E-state index is -0.174. The van der Waals surface area contributed by atoms with Crippen molar-refractivity contribution in [1.29, 1.82) is 0 Å². The van der Waals surface area contributed by atoms with Crippen LogP contribution in [0.1, 0.15) is 23.6 Å². The lowest BCUT2D eigenvalue weighted by Crippen LogP contribution is -2.21. The second-order valence-corrected chi connectivity index (χ2v) is 7.57. The largest absolute Gasteiger partial charge is 0.269 e. The van der Waals surface area contributed by atoms with Crippen LogP contribution in [0.2, 0.25) is 10.0 Å². The number of nitrogens with zero attached hydrogens (tertiary/aromatic N) is 5. The summed E-state index contributed by atoms with van der Waals surface area (Å²) in [4.78, 5) is 4.67. The molecule has 4 aromatic rings. The minimum Gasteiger partial charge on any atom is -0.214 e. The van der Waals surface area contributed by atoms with Crippen LogP contribution >= 0.6 is 23.2 Å². The topological polar surface area (TPSA) is 56.0 Å². The Kier molecular flexibility index (Phi) is 4.62. The van der Waals surface area contributed by atoms with Crippen molar-refractivity contribution >= 4 is 34.9 Å². The van der Waals surface area contributed by atoms with Gasteiger partial charge in [0.15, 0.2) is 0 Å². The molecular formula is C22H15Cl2N5. The fourth-order valence-electron chi connectivity index (χ4n) is 3.59. The van der Waals surface area contributed by atoms with E-state index in [1.54, 1.807) is 10.7 Å². The fourth-order valence-corrected chi connectivity index (χ4v) is 4.02. The molecule has 2 heterocycles. The molecule has 0 fully saturated rings. The molecular weight excluding hydrogens is 405 g/mol. The van der Waals surface area contributed by atoms with Crippen molar-refractivity contribution < 1.29 is 0 Å². The Morgan fingerprint density at radius 1 is 0.793 bits per heavy atom. The van der Waals surface area contributed by atoms with Crippen LogP contribution < -0.4 is 0 Å². The molecule has 1 atom stereocenters. The number of rotatable bonds is 3. The normalized spacial score (nSPS) is 15.7. The van der Waals surface area contributed by atoms with E-state index in [0.717, 1.165) is 22.4 Å². The van der Waals surface area contributed by atoms with Gasteiger partial charge < -0.3 is 0 Å². The Hall–Kier alpha value is -3.02. The molecule has 142 valence electrons. The molecule has 0 bridgehead atoms. The quantitative estimate of drug-likeness (QED) is 0.423. The average molecular weight is 420 g/mol. The molecule has 1 unspecified atom stereocenters. The first kappa shape index (κ1) is 18.0. The lowest BCUT2D eigenvalue weighted by molar-refractivity contribution is 0.515. The van der Waals surface area contributed by atoms with Gasteiger partial charge in [0.2, 0.25) is 0 Å². The zero-order valence-corrected chi connectivity index (χ0v) is 16.7. The summed E-state index contributed by atoms with van der Waals surface area (Å²) in [6.07, 6.45) is 0.614. The lowest BCUT2D eigenvalue weighted by atomic mass is 9.95. The molecule has 29 heavy (non-hydrogen) atoms. The van der Waals surface area contributed by atoms with Gasteiger partial charge in [0, 0.05) is 6.42 Å². The van der Waals surface area contributed by atoms with Gasteiger partial charge >= 0.3 is 0 Å². The van der Waals surface area contributed by atoms with Crippen molar-refractivity contribution in [1.82, 2.24) is 20.2 Å². The summed E-state index contributed by atoms with van der Waals surface area (Å²) in [6, 6.07) is 24.1. The van der Waals surface area contributed by atoms with Gasteiger partial charge in [-0.15, -0.1) is 0 Å². The van der Waals surface area contributed by atoms with E-state index in [4.69, 9.17) is 23.2 Å². The number of hydrogen-bond donors (Lipinski definition) is 0. The highest BCUT2D eigenvalue weighted by Gasteiger charge is 2.28. The predicted molar refractivity (Wildman–Crippen MR) is 115 cm³/mol. The van der Waals surface area contributed by atoms with E-state index < -0.39 is 0 Å². The summed E-state index contributed by atoms with van der Waals surface area (Å²) in [5.74, 6) is 0.458.